The highest BCUT2D eigenvalue weighted by molar-refractivity contribution is 6.01. The average Bonchev–Trinajstić information content (AvgIpc) is 3.31. The van der Waals surface area contributed by atoms with Crippen molar-refractivity contribution in [1.82, 2.24) is 14.8 Å². The molecule has 0 saturated heterocycles. The quantitative estimate of drug-likeness (QED) is 0.706. The van der Waals surface area contributed by atoms with E-state index in [0.29, 0.717) is 0 Å². The molecule has 1 unspecified atom stereocenters. The van der Waals surface area contributed by atoms with Crippen molar-refractivity contribution in [3.8, 4) is 11.8 Å². The van der Waals surface area contributed by atoms with E-state index in [1.165, 1.54) is 0 Å². The molecule has 1 aliphatic heterocycles. The van der Waals surface area contributed by atoms with Gasteiger partial charge in [0.2, 0.25) is 0 Å². The minimum absolute atomic E-state index is 0.441. The Morgan fingerprint density at radius 2 is 1.67 bits per heavy atom. The summed E-state index contributed by atoms with van der Waals surface area (Å²) >= 11 is 0. The van der Waals surface area contributed by atoms with Crippen LogP contribution in [0.3, 0.4) is 0 Å². The highest BCUT2D eigenvalue weighted by Gasteiger charge is 2.29. The van der Waals surface area contributed by atoms with Gasteiger partial charge in [-0.3, -0.25) is 5.01 Å². The van der Waals surface area contributed by atoms with E-state index in [1.54, 1.807) is 0 Å². The second-order valence-corrected chi connectivity index (χ2v) is 6.69. The molecule has 4 rings (SSSR count). The number of rotatable bonds is 4. The Labute approximate surface area is 159 Å². The van der Waals surface area contributed by atoms with Crippen LogP contribution in [0.25, 0.3) is 5.69 Å². The van der Waals surface area contributed by atoms with Crippen LogP contribution < -0.4 is 0 Å². The Morgan fingerprint density at radius 3 is 2.33 bits per heavy atom. The molecule has 1 atom stereocenters. The number of hydrogen-bond donors (Lipinski definition) is 0. The van der Waals surface area contributed by atoms with Crippen LogP contribution in [-0.2, 0) is 0 Å². The molecule has 0 N–H and O–H groups in total. The molecule has 0 amide bonds. The molecule has 5 nitrogen and oxygen atoms in total. The maximum absolute atomic E-state index is 9.93. The largest absolute Gasteiger partial charge is 0.274 e. The molecule has 1 aliphatic rings. The SMILES string of the molecule is Cc1nn(-c2ccccc2)c(C)c1C(C#N)N1CCC(c2ccccc2)=N1. The minimum Gasteiger partial charge on any atom is -0.274 e. The van der Waals surface area contributed by atoms with Crippen molar-refractivity contribution in [3.05, 3.63) is 83.2 Å². The van der Waals surface area contributed by atoms with Crippen molar-refractivity contribution in [2.24, 2.45) is 5.10 Å². The van der Waals surface area contributed by atoms with Crippen molar-refractivity contribution in [3.63, 3.8) is 0 Å². The van der Waals surface area contributed by atoms with Gasteiger partial charge in [-0.25, -0.2) is 4.68 Å². The van der Waals surface area contributed by atoms with Gasteiger partial charge in [0.1, 0.15) is 0 Å². The zero-order valence-corrected chi connectivity index (χ0v) is 15.5. The molecule has 0 aliphatic carbocycles. The van der Waals surface area contributed by atoms with E-state index in [1.807, 2.05) is 72.1 Å². The fraction of sp³-hybridized carbons (Fsp3) is 0.227. The van der Waals surface area contributed by atoms with E-state index < -0.39 is 6.04 Å². The third kappa shape index (κ3) is 3.11. The number of benzene rings is 2. The van der Waals surface area contributed by atoms with Gasteiger partial charge in [0.05, 0.1) is 23.2 Å². The maximum Gasteiger partial charge on any atom is 0.162 e. The van der Waals surface area contributed by atoms with Gasteiger partial charge >= 0.3 is 0 Å². The van der Waals surface area contributed by atoms with Gasteiger partial charge in [-0.05, 0) is 31.5 Å². The van der Waals surface area contributed by atoms with E-state index >= 15 is 0 Å². The molecular weight excluding hydrogens is 334 g/mol. The van der Waals surface area contributed by atoms with Gasteiger partial charge in [-0.1, -0.05) is 48.5 Å². The van der Waals surface area contributed by atoms with E-state index in [4.69, 9.17) is 5.10 Å². The topological polar surface area (TPSA) is 57.2 Å². The van der Waals surface area contributed by atoms with Crippen LogP contribution in [0.15, 0.2) is 65.8 Å². The fourth-order valence-corrected chi connectivity index (χ4v) is 3.65. The Bertz CT molecular complexity index is 1010. The molecule has 0 spiro atoms. The third-order valence-corrected chi connectivity index (χ3v) is 4.98. The summed E-state index contributed by atoms with van der Waals surface area (Å²) in [6.07, 6.45) is 0.840. The van der Waals surface area contributed by atoms with Crippen molar-refractivity contribution in [1.29, 1.82) is 5.26 Å². The highest BCUT2D eigenvalue weighted by atomic mass is 15.5. The fourth-order valence-electron chi connectivity index (χ4n) is 3.65. The van der Waals surface area contributed by atoms with Crippen LogP contribution in [0.1, 0.15) is 35.0 Å². The van der Waals surface area contributed by atoms with Gasteiger partial charge in [-0.2, -0.15) is 15.5 Å². The lowest BCUT2D eigenvalue weighted by Gasteiger charge is -2.20. The summed E-state index contributed by atoms with van der Waals surface area (Å²) in [6, 6.07) is 22.2. The van der Waals surface area contributed by atoms with Crippen LogP contribution in [0.4, 0.5) is 0 Å². The zero-order valence-electron chi connectivity index (χ0n) is 15.5. The van der Waals surface area contributed by atoms with Crippen molar-refractivity contribution >= 4 is 5.71 Å². The van der Waals surface area contributed by atoms with E-state index in [0.717, 1.165) is 46.9 Å². The van der Waals surface area contributed by atoms with Gasteiger partial charge in [0.25, 0.3) is 0 Å². The van der Waals surface area contributed by atoms with Crippen molar-refractivity contribution in [2.45, 2.75) is 26.3 Å². The molecule has 0 radical (unpaired) electrons. The summed E-state index contributed by atoms with van der Waals surface area (Å²) in [4.78, 5) is 0. The number of para-hydroxylation sites is 1. The minimum atomic E-state index is -0.441. The zero-order chi connectivity index (χ0) is 18.8. The highest BCUT2D eigenvalue weighted by Crippen LogP contribution is 2.31. The number of hydrogen-bond acceptors (Lipinski definition) is 4. The standard InChI is InChI=1S/C22H21N5/c1-16-22(17(2)27(24-16)19-11-7-4-8-12-19)21(15-23)26-14-13-20(25-26)18-9-5-3-6-10-18/h3-12,21H,13-14H2,1-2H3. The molecule has 0 fully saturated rings. The molecule has 1 aromatic heterocycles. The first kappa shape index (κ1) is 17.0. The smallest absolute Gasteiger partial charge is 0.162 e. The van der Waals surface area contributed by atoms with Crippen LogP contribution in [-0.4, -0.2) is 27.0 Å². The van der Waals surface area contributed by atoms with Crippen molar-refractivity contribution in [2.75, 3.05) is 6.54 Å². The molecule has 27 heavy (non-hydrogen) atoms. The molecule has 0 bridgehead atoms. The average molecular weight is 355 g/mol. The molecule has 2 heterocycles. The lowest BCUT2D eigenvalue weighted by Crippen LogP contribution is -2.21. The van der Waals surface area contributed by atoms with Gasteiger partial charge in [0, 0.05) is 24.2 Å². The van der Waals surface area contributed by atoms with Crippen LogP contribution in [0.5, 0.6) is 0 Å². The Kier molecular flexibility index (Phi) is 4.47. The first-order valence-corrected chi connectivity index (χ1v) is 9.09. The van der Waals surface area contributed by atoms with Crippen LogP contribution >= 0.6 is 0 Å². The first-order chi connectivity index (χ1) is 13.2. The molecule has 3 aromatic rings. The van der Waals surface area contributed by atoms with Crippen LogP contribution in [0, 0.1) is 25.2 Å². The molecule has 5 heteroatoms. The summed E-state index contributed by atoms with van der Waals surface area (Å²) in [5.41, 5.74) is 5.93. The van der Waals surface area contributed by atoms with Gasteiger partial charge in [0.15, 0.2) is 6.04 Å². The Morgan fingerprint density at radius 1 is 1.00 bits per heavy atom. The summed E-state index contributed by atoms with van der Waals surface area (Å²) in [5, 5.41) is 21.3. The third-order valence-electron chi connectivity index (χ3n) is 4.98. The lowest BCUT2D eigenvalue weighted by atomic mass is 10.1. The van der Waals surface area contributed by atoms with Gasteiger partial charge < -0.3 is 0 Å². The van der Waals surface area contributed by atoms with E-state index in [9.17, 15) is 5.26 Å². The molecule has 134 valence electrons. The van der Waals surface area contributed by atoms with Crippen molar-refractivity contribution < 1.29 is 0 Å². The first-order valence-electron chi connectivity index (χ1n) is 9.09. The maximum atomic E-state index is 9.93. The molecule has 2 aromatic carbocycles. The number of aryl methyl sites for hydroxylation is 1. The summed E-state index contributed by atoms with van der Waals surface area (Å²) in [7, 11) is 0. The Balaban J connectivity index is 1.70. The summed E-state index contributed by atoms with van der Waals surface area (Å²) in [6.45, 7) is 4.71. The summed E-state index contributed by atoms with van der Waals surface area (Å²) in [5.74, 6) is 0. The normalized spacial score (nSPS) is 14.7. The van der Waals surface area contributed by atoms with Crippen LogP contribution in [0.2, 0.25) is 0 Å². The number of aromatic nitrogens is 2. The van der Waals surface area contributed by atoms with Gasteiger partial charge in [-0.15, -0.1) is 0 Å². The predicted octanol–water partition coefficient (Wildman–Crippen LogP) is 4.16. The number of hydrazone groups is 1. The number of nitrogens with zero attached hydrogens (tertiary/aromatic N) is 5. The lowest BCUT2D eigenvalue weighted by molar-refractivity contribution is 0.273. The molecule has 0 saturated carbocycles. The monoisotopic (exact) mass is 355 g/mol. The number of nitriles is 1. The second-order valence-electron chi connectivity index (χ2n) is 6.69. The Hall–Kier alpha value is -3.39. The summed E-state index contributed by atoms with van der Waals surface area (Å²) < 4.78 is 1.91. The second kappa shape index (κ2) is 7.08. The molecular formula is C22H21N5. The van der Waals surface area contributed by atoms with E-state index in [-0.39, 0.29) is 0 Å². The van der Waals surface area contributed by atoms with E-state index in [2.05, 4.69) is 23.3 Å². The predicted molar refractivity (Wildman–Crippen MR) is 106 cm³/mol.